The van der Waals surface area contributed by atoms with Crippen molar-refractivity contribution in [2.24, 2.45) is 0 Å². The maximum Gasteiger partial charge on any atom is 0.238 e. The molecule has 2 fully saturated rings. The third-order valence-electron chi connectivity index (χ3n) is 4.49. The second-order valence-corrected chi connectivity index (χ2v) is 5.88. The van der Waals surface area contributed by atoms with E-state index in [4.69, 9.17) is 4.74 Å². The molecule has 1 aromatic rings. The van der Waals surface area contributed by atoms with Gasteiger partial charge >= 0.3 is 0 Å². The van der Waals surface area contributed by atoms with Crippen LogP contribution in [-0.2, 0) is 4.79 Å². The average Bonchev–Trinajstić information content (AvgIpc) is 2.91. The third-order valence-corrected chi connectivity index (χ3v) is 4.49. The van der Waals surface area contributed by atoms with Crippen molar-refractivity contribution in [3.63, 3.8) is 0 Å². The standard InChI is InChI=1S/C17H24N2O2/c1-2-21-15-10-8-13(9-11-15)17-18-12-16(20)19(17)14-6-4-3-5-7-14/h8-11,14,17-18H,2-7,12H2,1H3. The molecule has 1 N–H and O–H groups in total. The minimum absolute atomic E-state index is 0.0243. The molecule has 1 heterocycles. The van der Waals surface area contributed by atoms with Crippen LogP contribution in [0.1, 0.15) is 50.8 Å². The van der Waals surface area contributed by atoms with E-state index in [0.29, 0.717) is 19.2 Å². The molecule has 0 spiro atoms. The van der Waals surface area contributed by atoms with Gasteiger partial charge in [0.15, 0.2) is 0 Å². The summed E-state index contributed by atoms with van der Waals surface area (Å²) >= 11 is 0. The zero-order valence-corrected chi connectivity index (χ0v) is 12.7. The van der Waals surface area contributed by atoms with Gasteiger partial charge in [-0.3, -0.25) is 10.1 Å². The largest absolute Gasteiger partial charge is 0.494 e. The van der Waals surface area contributed by atoms with Crippen molar-refractivity contribution in [3.8, 4) is 5.75 Å². The van der Waals surface area contributed by atoms with Gasteiger partial charge in [0.2, 0.25) is 5.91 Å². The molecule has 1 aliphatic heterocycles. The SMILES string of the molecule is CCOc1ccc(C2NCC(=O)N2C2CCCCC2)cc1. The highest BCUT2D eigenvalue weighted by molar-refractivity contribution is 5.81. The first-order chi connectivity index (χ1) is 10.3. The Hall–Kier alpha value is -1.55. The lowest BCUT2D eigenvalue weighted by Gasteiger charge is -2.35. The fraction of sp³-hybridized carbons (Fsp3) is 0.588. The second kappa shape index (κ2) is 6.48. The zero-order valence-electron chi connectivity index (χ0n) is 12.7. The molecule has 0 radical (unpaired) electrons. The molecule has 1 aliphatic carbocycles. The Labute approximate surface area is 126 Å². The maximum absolute atomic E-state index is 12.3. The van der Waals surface area contributed by atoms with E-state index in [1.165, 1.54) is 19.3 Å². The number of carbonyl (C=O) groups excluding carboxylic acids is 1. The summed E-state index contributed by atoms with van der Waals surface area (Å²) in [5.41, 5.74) is 1.15. The van der Waals surface area contributed by atoms with E-state index in [0.717, 1.165) is 24.2 Å². The molecular formula is C17H24N2O2. The van der Waals surface area contributed by atoms with Crippen LogP contribution in [0.2, 0.25) is 0 Å². The molecule has 21 heavy (non-hydrogen) atoms. The first kappa shape index (κ1) is 14.4. The summed E-state index contributed by atoms with van der Waals surface area (Å²) in [4.78, 5) is 14.3. The van der Waals surface area contributed by atoms with Crippen LogP contribution in [-0.4, -0.2) is 30.0 Å². The minimum Gasteiger partial charge on any atom is -0.494 e. The number of ether oxygens (including phenoxy) is 1. The lowest BCUT2D eigenvalue weighted by molar-refractivity contribution is -0.131. The summed E-state index contributed by atoms with van der Waals surface area (Å²) < 4.78 is 5.49. The smallest absolute Gasteiger partial charge is 0.238 e. The Bertz CT molecular complexity index is 480. The van der Waals surface area contributed by atoms with Crippen LogP contribution in [0.5, 0.6) is 5.75 Å². The molecular weight excluding hydrogens is 264 g/mol. The molecule has 1 aromatic carbocycles. The number of nitrogens with zero attached hydrogens (tertiary/aromatic N) is 1. The van der Waals surface area contributed by atoms with Crippen LogP contribution in [0.4, 0.5) is 0 Å². The van der Waals surface area contributed by atoms with Gasteiger partial charge in [0.05, 0.1) is 13.2 Å². The molecule has 1 saturated carbocycles. The Morgan fingerprint density at radius 2 is 1.90 bits per heavy atom. The highest BCUT2D eigenvalue weighted by atomic mass is 16.5. The highest BCUT2D eigenvalue weighted by Gasteiger charge is 2.36. The Morgan fingerprint density at radius 1 is 1.19 bits per heavy atom. The summed E-state index contributed by atoms with van der Waals surface area (Å²) in [6.07, 6.45) is 6.09. The van der Waals surface area contributed by atoms with E-state index in [-0.39, 0.29) is 12.1 Å². The number of nitrogens with one attached hydrogen (secondary N) is 1. The molecule has 4 nitrogen and oxygen atoms in total. The molecule has 0 aromatic heterocycles. The average molecular weight is 288 g/mol. The Balaban J connectivity index is 1.77. The van der Waals surface area contributed by atoms with Crippen molar-refractivity contribution in [1.29, 1.82) is 0 Å². The van der Waals surface area contributed by atoms with Gasteiger partial charge in [-0.2, -0.15) is 0 Å². The van der Waals surface area contributed by atoms with Gasteiger partial charge in [-0.05, 0) is 37.5 Å². The van der Waals surface area contributed by atoms with Crippen LogP contribution in [0.15, 0.2) is 24.3 Å². The van der Waals surface area contributed by atoms with E-state index in [2.05, 4.69) is 22.3 Å². The van der Waals surface area contributed by atoms with Crippen molar-refractivity contribution in [1.82, 2.24) is 10.2 Å². The lowest BCUT2D eigenvalue weighted by atomic mass is 9.93. The van der Waals surface area contributed by atoms with Crippen molar-refractivity contribution < 1.29 is 9.53 Å². The number of amides is 1. The fourth-order valence-corrected chi connectivity index (χ4v) is 3.48. The van der Waals surface area contributed by atoms with Gasteiger partial charge in [-0.15, -0.1) is 0 Å². The molecule has 2 aliphatic rings. The normalized spacial score (nSPS) is 23.6. The van der Waals surface area contributed by atoms with Crippen molar-refractivity contribution >= 4 is 5.91 Å². The number of hydrogen-bond acceptors (Lipinski definition) is 3. The molecule has 4 heteroatoms. The molecule has 1 saturated heterocycles. The van der Waals surface area contributed by atoms with Crippen LogP contribution in [0, 0.1) is 0 Å². The van der Waals surface area contributed by atoms with Crippen LogP contribution < -0.4 is 10.1 Å². The molecule has 114 valence electrons. The monoisotopic (exact) mass is 288 g/mol. The lowest BCUT2D eigenvalue weighted by Crippen LogP contribution is -2.40. The number of carbonyl (C=O) groups is 1. The maximum atomic E-state index is 12.3. The van der Waals surface area contributed by atoms with Gasteiger partial charge in [0, 0.05) is 6.04 Å². The van der Waals surface area contributed by atoms with Crippen molar-refractivity contribution in [2.45, 2.75) is 51.2 Å². The van der Waals surface area contributed by atoms with E-state index >= 15 is 0 Å². The molecule has 1 atom stereocenters. The first-order valence-corrected chi connectivity index (χ1v) is 8.07. The number of hydrogen-bond donors (Lipinski definition) is 1. The van der Waals surface area contributed by atoms with Gasteiger partial charge in [0.1, 0.15) is 11.9 Å². The van der Waals surface area contributed by atoms with Crippen molar-refractivity contribution in [2.75, 3.05) is 13.2 Å². The van der Waals surface area contributed by atoms with E-state index in [9.17, 15) is 4.79 Å². The van der Waals surface area contributed by atoms with Gasteiger partial charge in [-0.1, -0.05) is 31.4 Å². The molecule has 1 amide bonds. The minimum atomic E-state index is 0.0243. The number of rotatable bonds is 4. The molecule has 1 unspecified atom stereocenters. The first-order valence-electron chi connectivity index (χ1n) is 8.07. The van der Waals surface area contributed by atoms with E-state index in [1.54, 1.807) is 0 Å². The van der Waals surface area contributed by atoms with Gasteiger partial charge in [-0.25, -0.2) is 0 Å². The quantitative estimate of drug-likeness (QED) is 0.926. The van der Waals surface area contributed by atoms with Gasteiger partial charge < -0.3 is 9.64 Å². The Kier molecular flexibility index (Phi) is 4.44. The van der Waals surface area contributed by atoms with Crippen molar-refractivity contribution in [3.05, 3.63) is 29.8 Å². The van der Waals surface area contributed by atoms with E-state index < -0.39 is 0 Å². The summed E-state index contributed by atoms with van der Waals surface area (Å²) in [5, 5.41) is 3.36. The van der Waals surface area contributed by atoms with Crippen LogP contribution in [0.3, 0.4) is 0 Å². The predicted octanol–water partition coefficient (Wildman–Crippen LogP) is 2.85. The summed E-state index contributed by atoms with van der Waals surface area (Å²) in [6, 6.07) is 8.51. The van der Waals surface area contributed by atoms with Crippen LogP contribution >= 0.6 is 0 Å². The Morgan fingerprint density at radius 3 is 2.57 bits per heavy atom. The molecule has 0 bridgehead atoms. The second-order valence-electron chi connectivity index (χ2n) is 5.88. The highest BCUT2D eigenvalue weighted by Crippen LogP contribution is 2.32. The molecule has 3 rings (SSSR count). The predicted molar refractivity (Wildman–Crippen MR) is 82.1 cm³/mol. The summed E-state index contributed by atoms with van der Waals surface area (Å²) in [5.74, 6) is 1.12. The van der Waals surface area contributed by atoms with Crippen LogP contribution in [0.25, 0.3) is 0 Å². The van der Waals surface area contributed by atoms with Gasteiger partial charge in [0.25, 0.3) is 0 Å². The number of benzene rings is 1. The topological polar surface area (TPSA) is 41.6 Å². The zero-order chi connectivity index (χ0) is 14.7. The fourth-order valence-electron chi connectivity index (χ4n) is 3.48. The third kappa shape index (κ3) is 3.05. The van der Waals surface area contributed by atoms with E-state index in [1.807, 2.05) is 19.1 Å². The summed E-state index contributed by atoms with van der Waals surface area (Å²) in [6.45, 7) is 3.11. The summed E-state index contributed by atoms with van der Waals surface area (Å²) in [7, 11) is 0.